The number of rotatable bonds is 8. The van der Waals surface area contributed by atoms with Crippen LogP contribution in [0.4, 0.5) is 0 Å². The van der Waals surface area contributed by atoms with Gasteiger partial charge in [-0.1, -0.05) is 160 Å². The first kappa shape index (κ1) is 39.9. The van der Waals surface area contributed by atoms with Crippen LogP contribution in [-0.2, 0) is 0 Å². The molecule has 0 rings (SSSR count). The molecule has 0 bridgehead atoms. The third-order valence-corrected chi connectivity index (χ3v) is 8.69. The Labute approximate surface area is 222 Å². The standard InChI is InChI=1S/C17H36.2C8H10.C2H4/c1-13(2,3)15(7,8)17(11,12)16(9,10)14(4,5)6;2*1-5-7(3)8(4)6-2;1-2/h1-12H3;2*5-6H,1-4H2;1-2H2. The molecule has 0 aliphatic heterocycles. The molecule has 200 valence electrons. The van der Waals surface area contributed by atoms with Crippen molar-refractivity contribution >= 4 is 0 Å². The molecule has 0 aliphatic carbocycles. The molecule has 0 spiro atoms. The van der Waals surface area contributed by atoms with Gasteiger partial charge in [0.15, 0.2) is 0 Å². The van der Waals surface area contributed by atoms with E-state index in [-0.39, 0.29) is 16.2 Å². The van der Waals surface area contributed by atoms with E-state index in [9.17, 15) is 0 Å². The van der Waals surface area contributed by atoms with E-state index < -0.39 is 0 Å². The highest BCUT2D eigenvalue weighted by Gasteiger charge is 2.56. The Bertz CT molecular complexity index is 658. The molecule has 0 saturated carbocycles. The summed E-state index contributed by atoms with van der Waals surface area (Å²) in [6, 6.07) is 0. The van der Waals surface area contributed by atoms with Crippen LogP contribution in [-0.4, -0.2) is 0 Å². The molecule has 0 N–H and O–H groups in total. The lowest BCUT2D eigenvalue weighted by Gasteiger charge is -2.62. The predicted octanol–water partition coefficient (Wildman–Crippen LogP) is 11.9. The van der Waals surface area contributed by atoms with Gasteiger partial charge in [0.1, 0.15) is 0 Å². The maximum absolute atomic E-state index is 3.66. The Kier molecular flexibility index (Phi) is 17.8. The minimum absolute atomic E-state index is 0.260. The van der Waals surface area contributed by atoms with E-state index in [1.165, 1.54) is 0 Å². The molecule has 0 saturated heterocycles. The van der Waals surface area contributed by atoms with Crippen molar-refractivity contribution in [2.75, 3.05) is 0 Å². The van der Waals surface area contributed by atoms with Crippen LogP contribution >= 0.6 is 0 Å². The lowest BCUT2D eigenvalue weighted by molar-refractivity contribution is -0.131. The summed E-state index contributed by atoms with van der Waals surface area (Å²) in [5.74, 6) is 0. The smallest absolute Gasteiger partial charge is 0.0242 e. The van der Waals surface area contributed by atoms with Crippen molar-refractivity contribution in [3.8, 4) is 0 Å². The molecule has 0 unspecified atom stereocenters. The van der Waals surface area contributed by atoms with E-state index in [0.717, 1.165) is 22.3 Å². The molecule has 0 fully saturated rings. The highest BCUT2D eigenvalue weighted by Crippen LogP contribution is 2.63. The Morgan fingerprint density at radius 1 is 0.371 bits per heavy atom. The zero-order chi connectivity index (χ0) is 29.6. The molecular weight excluding hydrogens is 420 g/mol. The summed E-state index contributed by atoms with van der Waals surface area (Å²) in [5.41, 5.74) is 4.75. The van der Waals surface area contributed by atoms with Gasteiger partial charge in [0.2, 0.25) is 0 Å². The van der Waals surface area contributed by atoms with Crippen molar-refractivity contribution in [3.63, 3.8) is 0 Å². The summed E-state index contributed by atoms with van der Waals surface area (Å²) in [6.45, 7) is 63.5. The van der Waals surface area contributed by atoms with Gasteiger partial charge in [0, 0.05) is 0 Å². The van der Waals surface area contributed by atoms with E-state index >= 15 is 0 Å². The molecule has 0 nitrogen and oxygen atoms in total. The molecule has 0 radical (unpaired) electrons. The quantitative estimate of drug-likeness (QED) is 0.239. The third-order valence-electron chi connectivity index (χ3n) is 8.69. The molecule has 0 heteroatoms. The summed E-state index contributed by atoms with van der Waals surface area (Å²) in [4.78, 5) is 0. The van der Waals surface area contributed by atoms with Crippen LogP contribution in [0.5, 0.6) is 0 Å². The Balaban J connectivity index is -0.000000223. The van der Waals surface area contributed by atoms with Gasteiger partial charge in [-0.2, -0.15) is 0 Å². The van der Waals surface area contributed by atoms with Gasteiger partial charge >= 0.3 is 0 Å². The summed E-state index contributed by atoms with van der Waals surface area (Å²) in [7, 11) is 0. The normalized spacial score (nSPS) is 11.4. The van der Waals surface area contributed by atoms with Gasteiger partial charge in [-0.3, -0.25) is 0 Å². The first-order valence-corrected chi connectivity index (χ1v) is 12.2. The highest BCUT2D eigenvalue weighted by atomic mass is 14.6. The molecule has 0 aromatic carbocycles. The lowest BCUT2D eigenvalue weighted by atomic mass is 9.43. The van der Waals surface area contributed by atoms with E-state index in [0.29, 0.717) is 10.8 Å². The largest absolute Gasteiger partial charge is 0.106 e. The Morgan fingerprint density at radius 2 is 0.514 bits per heavy atom. The van der Waals surface area contributed by atoms with Crippen molar-refractivity contribution in [2.45, 2.75) is 83.1 Å². The molecule has 0 amide bonds. The van der Waals surface area contributed by atoms with Crippen molar-refractivity contribution in [3.05, 3.63) is 112 Å². The van der Waals surface area contributed by atoms with E-state index in [4.69, 9.17) is 0 Å². The molecule has 0 atom stereocenters. The highest BCUT2D eigenvalue weighted by molar-refractivity contribution is 5.41. The Morgan fingerprint density at radius 3 is 0.600 bits per heavy atom. The second-order valence-electron chi connectivity index (χ2n) is 12.3. The van der Waals surface area contributed by atoms with Gasteiger partial charge in [0.25, 0.3) is 0 Å². The fraction of sp³-hybridized carbons (Fsp3) is 0.486. The molecule has 0 aromatic rings. The molecule has 35 heavy (non-hydrogen) atoms. The van der Waals surface area contributed by atoms with Gasteiger partial charge in [-0.15, -0.1) is 13.2 Å². The zero-order valence-corrected chi connectivity index (χ0v) is 25.9. The molecule has 0 heterocycles. The van der Waals surface area contributed by atoms with Gasteiger partial charge in [-0.05, 0) is 49.4 Å². The van der Waals surface area contributed by atoms with Crippen LogP contribution in [0.25, 0.3) is 0 Å². The topological polar surface area (TPSA) is 0 Å². The van der Waals surface area contributed by atoms with Crippen molar-refractivity contribution in [1.82, 2.24) is 0 Å². The number of hydrogen-bond acceptors (Lipinski definition) is 0. The summed E-state index contributed by atoms with van der Waals surface area (Å²) in [6.07, 6.45) is 6.63. The van der Waals surface area contributed by atoms with Crippen LogP contribution in [0, 0.1) is 27.1 Å². The number of allylic oxidation sites excluding steroid dienone is 8. The van der Waals surface area contributed by atoms with Crippen LogP contribution < -0.4 is 0 Å². The maximum atomic E-state index is 3.66. The zero-order valence-electron chi connectivity index (χ0n) is 25.9. The summed E-state index contributed by atoms with van der Waals surface area (Å²) in [5, 5.41) is 0. The predicted molar refractivity (Wildman–Crippen MR) is 169 cm³/mol. The summed E-state index contributed by atoms with van der Waals surface area (Å²) < 4.78 is 0. The monoisotopic (exact) mass is 480 g/mol. The van der Waals surface area contributed by atoms with Crippen molar-refractivity contribution in [1.29, 1.82) is 0 Å². The average molecular weight is 481 g/mol. The van der Waals surface area contributed by atoms with E-state index in [1.54, 1.807) is 24.3 Å². The van der Waals surface area contributed by atoms with Crippen LogP contribution in [0.2, 0.25) is 0 Å². The fourth-order valence-electron chi connectivity index (χ4n) is 3.18. The molecule has 0 aromatic heterocycles. The van der Waals surface area contributed by atoms with Crippen LogP contribution in [0.3, 0.4) is 0 Å². The molecule has 0 aliphatic rings. The van der Waals surface area contributed by atoms with Crippen molar-refractivity contribution < 1.29 is 0 Å². The van der Waals surface area contributed by atoms with Gasteiger partial charge < -0.3 is 0 Å². The minimum atomic E-state index is 0.260. The second-order valence-corrected chi connectivity index (χ2v) is 12.3. The van der Waals surface area contributed by atoms with Crippen LogP contribution in [0.1, 0.15) is 83.1 Å². The maximum Gasteiger partial charge on any atom is -0.0242 e. The molecular formula is C35H60. The second kappa shape index (κ2) is 15.6. The van der Waals surface area contributed by atoms with Gasteiger partial charge in [-0.25, -0.2) is 0 Å². The third kappa shape index (κ3) is 11.3. The van der Waals surface area contributed by atoms with E-state index in [1.807, 2.05) is 0 Å². The lowest BCUT2D eigenvalue weighted by Crippen LogP contribution is -2.55. The average Bonchev–Trinajstić information content (AvgIpc) is 2.77. The minimum Gasteiger partial charge on any atom is -0.106 e. The van der Waals surface area contributed by atoms with Crippen LogP contribution in [0.15, 0.2) is 112 Å². The SMILES string of the molecule is C=C.C=CC(=C)C(=C)C=C.C=CC(=C)C(=C)C=C.CC(C)(C)C(C)(C)C(C)(C)C(C)(C)C(C)(C)C. The Hall–Kier alpha value is -2.34. The van der Waals surface area contributed by atoms with Crippen molar-refractivity contribution in [2.24, 2.45) is 27.1 Å². The fourth-order valence-corrected chi connectivity index (χ4v) is 3.18. The first-order valence-electron chi connectivity index (χ1n) is 12.2. The number of hydrogen-bond donors (Lipinski definition) is 0. The van der Waals surface area contributed by atoms with E-state index in [2.05, 4.69) is 149 Å². The first-order chi connectivity index (χ1) is 15.4. The van der Waals surface area contributed by atoms with Gasteiger partial charge in [0.05, 0.1) is 0 Å². The summed E-state index contributed by atoms with van der Waals surface area (Å²) >= 11 is 0.